The highest BCUT2D eigenvalue weighted by Gasteiger charge is 2.92. The van der Waals surface area contributed by atoms with Gasteiger partial charge in [-0.05, 0) is 25.7 Å². The highest BCUT2D eigenvalue weighted by Crippen LogP contribution is 2.62. The van der Waals surface area contributed by atoms with E-state index in [0.717, 1.165) is 0 Å². The third-order valence-corrected chi connectivity index (χ3v) is 11.9. The van der Waals surface area contributed by atoms with Crippen LogP contribution in [0, 0.1) is 0 Å². The average molecular weight is 1200 g/mol. The number of alkyl halides is 26. The zero-order chi connectivity index (χ0) is 60.1. The minimum absolute atomic E-state index is 0.00403. The van der Waals surface area contributed by atoms with Crippen LogP contribution in [-0.4, -0.2) is 147 Å². The molecule has 0 fully saturated rings. The van der Waals surface area contributed by atoms with E-state index in [-0.39, 0.29) is 88.3 Å². The molecule has 0 saturated carbocycles. The van der Waals surface area contributed by atoms with Crippen LogP contribution >= 0.6 is 7.82 Å². The van der Waals surface area contributed by atoms with E-state index in [0.29, 0.717) is 0 Å². The summed E-state index contributed by atoms with van der Waals surface area (Å²) in [6.07, 6.45) is -24.7. The fourth-order valence-corrected chi connectivity index (χ4v) is 6.92. The molecule has 0 bridgehead atoms. The van der Waals surface area contributed by atoms with Crippen molar-refractivity contribution in [1.82, 2.24) is 0 Å². The van der Waals surface area contributed by atoms with Gasteiger partial charge in [-0.25, -0.2) is 4.57 Å². The number of carbonyl (C=O) groups excluding carboxylic acids is 2. The summed E-state index contributed by atoms with van der Waals surface area (Å²) >= 11 is 0. The van der Waals surface area contributed by atoms with Crippen molar-refractivity contribution in [3.8, 4) is 0 Å². The Bertz CT molecular complexity index is 1840. The van der Waals surface area contributed by atoms with Crippen LogP contribution < -0.4 is 0 Å². The van der Waals surface area contributed by atoms with Crippen molar-refractivity contribution in [2.24, 2.45) is 0 Å². The summed E-state index contributed by atoms with van der Waals surface area (Å²) in [5, 5.41) is 0. The van der Waals surface area contributed by atoms with Gasteiger partial charge in [0.15, 0.2) is 6.10 Å². The smallest absolute Gasteiger partial charge is 0.462 e. The van der Waals surface area contributed by atoms with E-state index in [4.69, 9.17) is 18.5 Å². The summed E-state index contributed by atoms with van der Waals surface area (Å²) in [4.78, 5) is 35.0. The standard InChI is InChI=1S/C40H54F26NO8P/c1-67(2,3)22-23-73-76(70,71)74-25-26(75-28(69)19-15-11-7-5-9-13-17-21-30(43,44)32(47,48)34(51,52)36(55,56)38(59,60)40(64,65)66)24-72-27(68)18-14-10-6-4-8-12-16-20-29(41,42)31(45,46)33(49,50)35(53,54)37(57,58)39(61,62)63/h26H,4-25H2,1-3H3/p+1/t26-/m1/s1. The van der Waals surface area contributed by atoms with Crippen molar-refractivity contribution >= 4 is 19.8 Å². The molecule has 0 aromatic carbocycles. The van der Waals surface area contributed by atoms with Gasteiger partial charge < -0.3 is 18.9 Å². The minimum atomic E-state index is -8.00. The minimum Gasteiger partial charge on any atom is -0.462 e. The molecule has 0 aliphatic heterocycles. The van der Waals surface area contributed by atoms with Gasteiger partial charge in [-0.2, -0.15) is 114 Å². The van der Waals surface area contributed by atoms with Crippen LogP contribution in [0.4, 0.5) is 114 Å². The molecule has 0 aliphatic rings. The number of halogens is 26. The number of phosphoric acid groups is 1. The van der Waals surface area contributed by atoms with Crippen molar-refractivity contribution in [3.63, 3.8) is 0 Å². The number of nitrogens with zero attached hydrogens (tertiary/aromatic N) is 1. The fourth-order valence-electron chi connectivity index (χ4n) is 6.18. The summed E-state index contributed by atoms with van der Waals surface area (Å²) in [6.45, 7) is -1.81. The molecule has 0 radical (unpaired) electrons. The molecule has 0 aliphatic carbocycles. The quantitative estimate of drug-likeness (QED) is 0.0214. The lowest BCUT2D eigenvalue weighted by Gasteiger charge is -2.39. The molecule has 9 nitrogen and oxygen atoms in total. The topological polar surface area (TPSA) is 108 Å². The Morgan fingerprint density at radius 1 is 0.421 bits per heavy atom. The number of likely N-dealkylation sites (N-methyl/N-ethyl adjacent to an activating group) is 1. The predicted molar refractivity (Wildman–Crippen MR) is 210 cm³/mol. The van der Waals surface area contributed by atoms with Crippen molar-refractivity contribution < 1.29 is 156 Å². The number of phosphoric ester groups is 1. The molecule has 0 saturated heterocycles. The van der Waals surface area contributed by atoms with E-state index in [9.17, 15) is 133 Å². The van der Waals surface area contributed by atoms with E-state index >= 15 is 0 Å². The molecule has 2 atom stereocenters. The number of rotatable bonds is 38. The van der Waals surface area contributed by atoms with E-state index in [1.165, 1.54) is 0 Å². The third-order valence-electron chi connectivity index (χ3n) is 10.9. The van der Waals surface area contributed by atoms with Gasteiger partial charge in [0.05, 0.1) is 27.7 Å². The predicted octanol–water partition coefficient (Wildman–Crippen LogP) is 14.8. The van der Waals surface area contributed by atoms with Gasteiger partial charge in [0.25, 0.3) is 0 Å². The number of hydrogen-bond acceptors (Lipinski definition) is 7. The van der Waals surface area contributed by atoms with Gasteiger partial charge in [0.1, 0.15) is 19.8 Å². The molecule has 1 N–H and O–H groups in total. The second-order valence-corrected chi connectivity index (χ2v) is 19.8. The van der Waals surface area contributed by atoms with Gasteiger partial charge in [-0.1, -0.05) is 64.2 Å². The Morgan fingerprint density at radius 2 is 0.724 bits per heavy atom. The van der Waals surface area contributed by atoms with E-state index < -0.39 is 156 Å². The van der Waals surface area contributed by atoms with Crippen LogP contribution in [0.15, 0.2) is 0 Å². The summed E-state index contributed by atoms with van der Waals surface area (Å²) in [7, 11) is 0.301. The van der Waals surface area contributed by atoms with Crippen molar-refractivity contribution in [2.45, 2.75) is 193 Å². The number of hydrogen-bond donors (Lipinski definition) is 1. The van der Waals surface area contributed by atoms with Crippen LogP contribution in [0.25, 0.3) is 0 Å². The van der Waals surface area contributed by atoms with E-state index in [2.05, 4.69) is 0 Å². The van der Waals surface area contributed by atoms with Crippen LogP contribution in [0.5, 0.6) is 0 Å². The number of quaternary nitrogens is 1. The Labute approximate surface area is 416 Å². The van der Waals surface area contributed by atoms with Crippen LogP contribution in [0.2, 0.25) is 0 Å². The normalized spacial score (nSPS) is 15.9. The number of carbonyl (C=O) groups is 2. The average Bonchev–Trinajstić information content (AvgIpc) is 3.24. The number of unbranched alkanes of at least 4 members (excludes halogenated alkanes) is 12. The van der Waals surface area contributed by atoms with Gasteiger partial charge in [0, 0.05) is 25.7 Å². The highest BCUT2D eigenvalue weighted by molar-refractivity contribution is 7.47. The summed E-state index contributed by atoms with van der Waals surface area (Å²) in [5.74, 6) is -76.6. The van der Waals surface area contributed by atoms with Crippen molar-refractivity contribution in [1.29, 1.82) is 0 Å². The molecular formula is C40H55F26NO8P+. The molecule has 1 unspecified atom stereocenters. The first-order valence-corrected chi connectivity index (χ1v) is 24.0. The maximum Gasteiger partial charge on any atom is 0.472 e. The van der Waals surface area contributed by atoms with Crippen molar-refractivity contribution in [2.75, 3.05) is 47.5 Å². The molecular weight excluding hydrogens is 1150 g/mol. The first kappa shape index (κ1) is 73.2. The highest BCUT2D eigenvalue weighted by atomic mass is 31.2. The Kier molecular flexibility index (Phi) is 26.1. The van der Waals surface area contributed by atoms with Gasteiger partial charge >= 0.3 is 91.3 Å². The molecule has 0 rings (SSSR count). The summed E-state index contributed by atoms with van der Waals surface area (Å²) in [5.41, 5.74) is 0. The SMILES string of the molecule is C[N+](C)(C)CCOP(=O)(O)OC[C@@H](COC(=O)CCCCCCCCCC(F)(F)C(F)(F)C(F)(F)C(F)(F)C(F)(F)C(F)(F)F)OC(=O)CCCCCCCCCC(F)(F)C(F)(F)C(F)(F)C(F)(F)C(F)(F)C(F)(F)F. The Hall–Kier alpha value is -2.81. The molecule has 0 spiro atoms. The van der Waals surface area contributed by atoms with Crippen molar-refractivity contribution in [3.05, 3.63) is 0 Å². The lowest BCUT2D eigenvalue weighted by atomic mass is 9.91. The van der Waals surface area contributed by atoms with Gasteiger partial charge in [0.2, 0.25) is 0 Å². The van der Waals surface area contributed by atoms with Crippen LogP contribution in [-0.2, 0) is 32.7 Å². The Morgan fingerprint density at radius 3 is 1.05 bits per heavy atom. The fraction of sp³-hybridized carbons (Fsp3) is 0.950. The first-order chi connectivity index (χ1) is 33.8. The molecule has 454 valence electrons. The van der Waals surface area contributed by atoms with E-state index in [1.807, 2.05) is 0 Å². The second-order valence-electron chi connectivity index (χ2n) is 18.4. The van der Waals surface area contributed by atoms with Gasteiger partial charge in [-0.3, -0.25) is 18.6 Å². The lowest BCUT2D eigenvalue weighted by Crippen LogP contribution is -2.70. The molecule has 0 heterocycles. The van der Waals surface area contributed by atoms with E-state index in [1.54, 1.807) is 21.1 Å². The number of esters is 2. The largest absolute Gasteiger partial charge is 0.472 e. The second kappa shape index (κ2) is 27.1. The molecule has 0 aromatic heterocycles. The van der Waals surface area contributed by atoms with Crippen LogP contribution in [0.3, 0.4) is 0 Å². The summed E-state index contributed by atoms with van der Waals surface area (Å²) < 4.78 is 378. The molecule has 0 aromatic rings. The zero-order valence-electron chi connectivity index (χ0n) is 40.2. The lowest BCUT2D eigenvalue weighted by molar-refractivity contribution is -0.870. The van der Waals surface area contributed by atoms with Crippen LogP contribution in [0.1, 0.15) is 116 Å². The first-order valence-electron chi connectivity index (χ1n) is 22.5. The maximum atomic E-state index is 14.0. The summed E-state index contributed by atoms with van der Waals surface area (Å²) in [6, 6.07) is 0. The molecule has 36 heteroatoms. The maximum absolute atomic E-state index is 14.0. The Balaban J connectivity index is 5.12. The zero-order valence-corrected chi connectivity index (χ0v) is 41.1. The monoisotopic (exact) mass is 1200 g/mol. The third kappa shape index (κ3) is 18.9. The van der Waals surface area contributed by atoms with Gasteiger partial charge in [-0.15, -0.1) is 0 Å². The number of ether oxygens (including phenoxy) is 2. The molecule has 0 amide bonds. The molecule has 76 heavy (non-hydrogen) atoms.